The van der Waals surface area contributed by atoms with Gasteiger partial charge >= 0.3 is 14.2 Å². The summed E-state index contributed by atoms with van der Waals surface area (Å²) >= 11 is 0. The summed E-state index contributed by atoms with van der Waals surface area (Å²) in [5.74, 6) is -2.58. The Morgan fingerprint density at radius 1 is 0.836 bits per heavy atom. The molecule has 61 heavy (non-hydrogen) atoms. The number of benzene rings is 5. The van der Waals surface area contributed by atoms with Crippen molar-refractivity contribution < 1.29 is 38.8 Å². The third kappa shape index (κ3) is 8.36. The van der Waals surface area contributed by atoms with Crippen molar-refractivity contribution in [1.82, 2.24) is 0 Å². The molecule has 9 nitrogen and oxygen atoms in total. The number of fused-ring (bicyclic) bond motifs is 3. The van der Waals surface area contributed by atoms with E-state index in [0.29, 0.717) is 12.8 Å². The Bertz CT molecular complexity index is 2400. The maximum atomic E-state index is 14.7. The molecule has 310 valence electrons. The van der Waals surface area contributed by atoms with Crippen LogP contribution in [0, 0.1) is 17.8 Å². The van der Waals surface area contributed by atoms with Crippen LogP contribution in [0.25, 0.3) is 11.6 Å². The Morgan fingerprint density at radius 3 is 2.10 bits per heavy atom. The molecular formula is C49H51B2NO8Si. The highest BCUT2D eigenvalue weighted by molar-refractivity contribution is 6.99. The van der Waals surface area contributed by atoms with E-state index in [1.54, 1.807) is 24.3 Å². The first kappa shape index (κ1) is 42.4. The number of aromatic hydroxyl groups is 1. The number of anilines is 1. The molecule has 3 aliphatic rings. The molecule has 5 aromatic rings. The van der Waals surface area contributed by atoms with E-state index in [-0.39, 0.29) is 53.1 Å². The lowest BCUT2D eigenvalue weighted by Crippen LogP contribution is -2.66. The van der Waals surface area contributed by atoms with Crippen LogP contribution in [0.2, 0.25) is 11.4 Å². The van der Waals surface area contributed by atoms with Gasteiger partial charge in [0.2, 0.25) is 11.8 Å². The minimum absolute atomic E-state index is 0.128. The van der Waals surface area contributed by atoms with Crippen LogP contribution in [0.5, 0.6) is 5.75 Å². The highest BCUT2D eigenvalue weighted by Crippen LogP contribution is 2.52. The van der Waals surface area contributed by atoms with Crippen LogP contribution in [-0.4, -0.2) is 67.3 Å². The predicted molar refractivity (Wildman–Crippen MR) is 244 cm³/mol. The molecule has 2 heterocycles. The average Bonchev–Trinajstić information content (AvgIpc) is 3.51. The zero-order valence-electron chi connectivity index (χ0n) is 34.7. The predicted octanol–water partition coefficient (Wildman–Crippen LogP) is 5.97. The van der Waals surface area contributed by atoms with Crippen molar-refractivity contribution in [1.29, 1.82) is 0 Å². The summed E-state index contributed by atoms with van der Waals surface area (Å²) in [6, 6.07) is 44.1. The molecule has 0 unspecified atom stereocenters. The Balaban J connectivity index is 1.23. The van der Waals surface area contributed by atoms with E-state index < -0.39 is 46.4 Å². The molecule has 0 aromatic heterocycles. The van der Waals surface area contributed by atoms with Gasteiger partial charge in [-0.15, -0.1) is 0 Å². The maximum absolute atomic E-state index is 14.7. The number of carbonyl (C=O) groups excluding carboxylic acids is 2. The van der Waals surface area contributed by atoms with E-state index >= 15 is 0 Å². The summed E-state index contributed by atoms with van der Waals surface area (Å²) in [6.07, 6.45) is 2.85. The molecule has 0 spiro atoms. The fourth-order valence-corrected chi connectivity index (χ4v) is 14.5. The molecular weight excluding hydrogens is 780 g/mol. The minimum atomic E-state index is -3.06. The first-order valence-electron chi connectivity index (χ1n) is 21.0. The van der Waals surface area contributed by atoms with Gasteiger partial charge in [-0.25, -0.2) is 0 Å². The highest BCUT2D eigenvalue weighted by atomic mass is 28.4. The van der Waals surface area contributed by atoms with Gasteiger partial charge < -0.3 is 29.3 Å². The van der Waals surface area contributed by atoms with Crippen molar-refractivity contribution in [3.63, 3.8) is 0 Å². The third-order valence-corrected chi connectivity index (χ3v) is 17.6. The fourth-order valence-electron chi connectivity index (χ4n) is 9.99. The Hall–Kier alpha value is -5.33. The number of amides is 2. The first-order chi connectivity index (χ1) is 29.4. The molecule has 2 saturated heterocycles. The van der Waals surface area contributed by atoms with Crippen molar-refractivity contribution >= 4 is 67.5 Å². The number of phenolic OH excluding ortho intramolecular Hbond substituents is 1. The number of allylic oxidation sites excluding steroid dienone is 1. The lowest BCUT2D eigenvalue weighted by Gasteiger charge is -2.46. The molecule has 5 aromatic carbocycles. The zero-order valence-corrected chi connectivity index (χ0v) is 35.7. The van der Waals surface area contributed by atoms with Crippen LogP contribution in [0.4, 0.5) is 5.69 Å². The molecule has 2 fully saturated rings. The monoisotopic (exact) mass is 831 g/mol. The SMILES string of the molecule is CC(C)(C)[Si](OCC1=C2[C@@H](CC/C(=C/c3cccc(O)c3)c3ccccc3)OB(O)C[C@@H]2[C@@H]2C(=O)N(c3cccc(B(O)O)c3)C(=O)[C@@H]2C1)(c1ccccc1)c1ccccc1. The van der Waals surface area contributed by atoms with Gasteiger partial charge in [0.1, 0.15) is 5.75 Å². The summed E-state index contributed by atoms with van der Waals surface area (Å²) in [6.45, 7) is 6.85. The number of nitrogens with zero attached hydrogens (tertiary/aromatic N) is 1. The summed E-state index contributed by atoms with van der Waals surface area (Å²) < 4.78 is 14.0. The maximum Gasteiger partial charge on any atom is 0.488 e. The molecule has 4 N–H and O–H groups in total. The molecule has 1 aliphatic carbocycles. The number of phenols is 1. The van der Waals surface area contributed by atoms with E-state index in [4.69, 9.17) is 9.08 Å². The van der Waals surface area contributed by atoms with Gasteiger partial charge in [-0.05, 0) is 104 Å². The van der Waals surface area contributed by atoms with E-state index in [0.717, 1.165) is 38.2 Å². The molecule has 2 aliphatic heterocycles. The van der Waals surface area contributed by atoms with Crippen LogP contribution in [0.1, 0.15) is 51.2 Å². The van der Waals surface area contributed by atoms with Crippen molar-refractivity contribution in [3.8, 4) is 5.75 Å². The van der Waals surface area contributed by atoms with Gasteiger partial charge in [0.05, 0.1) is 30.2 Å². The Morgan fingerprint density at radius 2 is 1.48 bits per heavy atom. The summed E-state index contributed by atoms with van der Waals surface area (Å²) in [5, 5.41) is 43.6. The van der Waals surface area contributed by atoms with Gasteiger partial charge in [0, 0.05) is 0 Å². The summed E-state index contributed by atoms with van der Waals surface area (Å²) in [5.41, 5.74) is 5.10. The second kappa shape index (κ2) is 17.6. The van der Waals surface area contributed by atoms with E-state index in [2.05, 4.69) is 51.1 Å². The van der Waals surface area contributed by atoms with Crippen LogP contribution in [0.3, 0.4) is 0 Å². The molecule has 8 rings (SSSR count). The van der Waals surface area contributed by atoms with Crippen molar-refractivity contribution in [2.45, 2.75) is 57.5 Å². The Labute approximate surface area is 359 Å². The number of hydrogen-bond acceptors (Lipinski definition) is 8. The molecule has 0 radical (unpaired) electrons. The van der Waals surface area contributed by atoms with Gasteiger partial charge in [-0.3, -0.25) is 14.5 Å². The molecule has 0 saturated carbocycles. The molecule has 12 heteroatoms. The molecule has 4 atom stereocenters. The second-order valence-corrected chi connectivity index (χ2v) is 21.7. The minimum Gasteiger partial charge on any atom is -0.508 e. The smallest absolute Gasteiger partial charge is 0.488 e. The first-order valence-corrected chi connectivity index (χ1v) is 23.0. The normalized spacial score (nSPS) is 20.8. The number of rotatable bonds is 12. The number of carbonyl (C=O) groups is 2. The van der Waals surface area contributed by atoms with Crippen LogP contribution >= 0.6 is 0 Å². The second-order valence-electron chi connectivity index (χ2n) is 17.4. The molecule has 2 amide bonds. The van der Waals surface area contributed by atoms with Crippen molar-refractivity contribution in [3.05, 3.63) is 162 Å². The van der Waals surface area contributed by atoms with Crippen LogP contribution < -0.4 is 20.7 Å². The van der Waals surface area contributed by atoms with E-state index in [9.17, 15) is 29.8 Å². The van der Waals surface area contributed by atoms with Gasteiger partial charge in [0.15, 0.2) is 0 Å². The lowest BCUT2D eigenvalue weighted by molar-refractivity contribution is -0.122. The van der Waals surface area contributed by atoms with Gasteiger partial charge in [-0.2, -0.15) is 0 Å². The largest absolute Gasteiger partial charge is 0.508 e. The van der Waals surface area contributed by atoms with E-state index in [1.807, 2.05) is 78.9 Å². The summed E-state index contributed by atoms with van der Waals surface area (Å²) in [7, 11) is -6.02. The van der Waals surface area contributed by atoms with Gasteiger partial charge in [0.25, 0.3) is 8.32 Å². The van der Waals surface area contributed by atoms with E-state index in [1.165, 1.54) is 17.0 Å². The third-order valence-electron chi connectivity index (χ3n) is 12.6. The quantitative estimate of drug-likeness (QED) is 0.0523. The van der Waals surface area contributed by atoms with Gasteiger partial charge in [-0.1, -0.05) is 142 Å². The fraction of sp³-hybridized carbons (Fsp3) is 0.265. The number of hydrogen-bond donors (Lipinski definition) is 4. The lowest BCUT2D eigenvalue weighted by atomic mass is 9.58. The standard InChI is InChI=1S/C49H51B2NO8Si/c1-49(2,3)61(40-21-9-5-10-22-40,41-23-11-6-12-24-41)59-32-36-29-42-46(48(55)52(47(42)54)38-19-14-18-37(30-38)51(57)58)43-31-50(56)60-44(45(36)43)26-25-35(34-16-7-4-8-17-34)27-33-15-13-20-39(53)28-33/h4-24,27-28,30,42-44,46,53,56-58H,25-26,29,31-32H2,1-3H3/b35-27-/t42-,43+,44-,46-/m1/s1. The zero-order chi connectivity index (χ0) is 42.9. The Kier molecular flexibility index (Phi) is 12.2. The topological polar surface area (TPSA) is 137 Å². The highest BCUT2D eigenvalue weighted by Gasteiger charge is 2.58. The van der Waals surface area contributed by atoms with Crippen molar-refractivity contribution in [2.24, 2.45) is 17.8 Å². The number of imide groups is 1. The van der Waals surface area contributed by atoms with Crippen LogP contribution in [-0.2, 0) is 18.7 Å². The molecule has 0 bridgehead atoms. The average molecular weight is 832 g/mol. The van der Waals surface area contributed by atoms with Crippen molar-refractivity contribution in [2.75, 3.05) is 11.5 Å². The summed E-state index contributed by atoms with van der Waals surface area (Å²) in [4.78, 5) is 30.5. The van der Waals surface area contributed by atoms with Crippen LogP contribution in [0.15, 0.2) is 151 Å².